The van der Waals surface area contributed by atoms with Crippen molar-refractivity contribution in [3.05, 3.63) is 40.4 Å². The summed E-state index contributed by atoms with van der Waals surface area (Å²) in [5.41, 5.74) is 1.10. The smallest absolute Gasteiger partial charge is 0.155 e. The molecule has 0 aliphatic carbocycles. The van der Waals surface area contributed by atoms with Crippen LogP contribution in [-0.4, -0.2) is 14.8 Å². The number of hydrogen-bond acceptors (Lipinski definition) is 3. The first-order chi connectivity index (χ1) is 9.74. The van der Waals surface area contributed by atoms with Crippen LogP contribution in [0.25, 0.3) is 0 Å². The molecule has 1 aromatic heterocycles. The monoisotopic (exact) mass is 334 g/mol. The molecule has 20 heavy (non-hydrogen) atoms. The van der Waals surface area contributed by atoms with Gasteiger partial charge in [0.1, 0.15) is 5.82 Å². The number of anilines is 1. The molecule has 0 fully saturated rings. The number of aryl methyl sites for hydroxylation is 1. The minimum atomic E-state index is 0.163. The van der Waals surface area contributed by atoms with Crippen LogP contribution in [-0.2, 0) is 13.0 Å². The van der Waals surface area contributed by atoms with Gasteiger partial charge in [0.2, 0.25) is 0 Å². The average Bonchev–Trinajstić information content (AvgIpc) is 2.71. The van der Waals surface area contributed by atoms with E-state index in [1.807, 2.05) is 12.1 Å². The summed E-state index contributed by atoms with van der Waals surface area (Å²) in [5.74, 6) is 2.19. The zero-order valence-corrected chi connectivity index (χ0v) is 13.2. The maximum atomic E-state index is 4.39. The van der Waals surface area contributed by atoms with Gasteiger partial charge in [-0.1, -0.05) is 22.4 Å². The van der Waals surface area contributed by atoms with Gasteiger partial charge in [0, 0.05) is 23.1 Å². The van der Waals surface area contributed by atoms with Crippen molar-refractivity contribution in [2.75, 3.05) is 5.32 Å². The highest BCUT2D eigenvalue weighted by Gasteiger charge is 2.18. The number of nitrogens with one attached hydrogen (secondary N) is 1. The van der Waals surface area contributed by atoms with Gasteiger partial charge in [-0.05, 0) is 44.0 Å². The van der Waals surface area contributed by atoms with Gasteiger partial charge in [0.25, 0.3) is 0 Å². The first kappa shape index (κ1) is 13.6. The zero-order chi connectivity index (χ0) is 13.9. The van der Waals surface area contributed by atoms with Crippen molar-refractivity contribution in [1.29, 1.82) is 0 Å². The lowest BCUT2D eigenvalue weighted by Gasteiger charge is -2.16. The van der Waals surface area contributed by atoms with Gasteiger partial charge in [-0.2, -0.15) is 0 Å². The SMILES string of the molecule is CC(Nc1ccc(Br)cc1)c1nnc2n1CCCCC2. The maximum Gasteiger partial charge on any atom is 0.155 e. The van der Waals surface area contributed by atoms with Crippen molar-refractivity contribution < 1.29 is 0 Å². The standard InChI is InChI=1S/C15H19BrN4/c1-11(17-13-8-6-12(16)7-9-13)15-19-18-14-5-3-2-4-10-20(14)15/h6-9,11,17H,2-5,10H2,1H3. The molecule has 0 amide bonds. The Hall–Kier alpha value is -1.36. The number of aromatic nitrogens is 3. The molecule has 5 heteroatoms. The van der Waals surface area contributed by atoms with E-state index in [0.29, 0.717) is 0 Å². The Balaban J connectivity index is 1.78. The Kier molecular flexibility index (Phi) is 4.05. The van der Waals surface area contributed by atoms with E-state index in [4.69, 9.17) is 0 Å². The molecule has 4 nitrogen and oxygen atoms in total. The molecule has 2 heterocycles. The van der Waals surface area contributed by atoms with Crippen LogP contribution < -0.4 is 5.32 Å². The fourth-order valence-corrected chi connectivity index (χ4v) is 2.95. The number of benzene rings is 1. The Labute approximate surface area is 127 Å². The molecular weight excluding hydrogens is 316 g/mol. The van der Waals surface area contributed by atoms with E-state index in [-0.39, 0.29) is 6.04 Å². The maximum absolute atomic E-state index is 4.39. The summed E-state index contributed by atoms with van der Waals surface area (Å²) in [5, 5.41) is 12.3. The Bertz CT molecular complexity index is 576. The summed E-state index contributed by atoms with van der Waals surface area (Å²) in [6, 6.07) is 8.38. The molecule has 2 aromatic rings. The third kappa shape index (κ3) is 2.87. The van der Waals surface area contributed by atoms with Crippen LogP contribution in [0.2, 0.25) is 0 Å². The normalized spacial score (nSPS) is 16.3. The second-order valence-electron chi connectivity index (χ2n) is 5.31. The number of halogens is 1. The molecular formula is C15H19BrN4. The summed E-state index contributed by atoms with van der Waals surface area (Å²) in [6.45, 7) is 3.19. The summed E-state index contributed by atoms with van der Waals surface area (Å²) >= 11 is 3.45. The van der Waals surface area contributed by atoms with Gasteiger partial charge in [-0.25, -0.2) is 0 Å². The Morgan fingerprint density at radius 3 is 2.75 bits per heavy atom. The van der Waals surface area contributed by atoms with Gasteiger partial charge in [-0.3, -0.25) is 0 Å². The van der Waals surface area contributed by atoms with E-state index in [1.165, 1.54) is 19.3 Å². The van der Waals surface area contributed by atoms with E-state index in [2.05, 4.69) is 55.1 Å². The third-order valence-corrected chi connectivity index (χ3v) is 4.28. The van der Waals surface area contributed by atoms with E-state index < -0.39 is 0 Å². The molecule has 1 aromatic carbocycles. The first-order valence-corrected chi connectivity index (χ1v) is 7.97. The van der Waals surface area contributed by atoms with Gasteiger partial charge < -0.3 is 9.88 Å². The minimum absolute atomic E-state index is 0.163. The molecule has 0 saturated heterocycles. The number of fused-ring (bicyclic) bond motifs is 1. The van der Waals surface area contributed by atoms with Crippen LogP contribution >= 0.6 is 15.9 Å². The number of nitrogens with zero attached hydrogens (tertiary/aromatic N) is 3. The largest absolute Gasteiger partial charge is 0.375 e. The number of rotatable bonds is 3. The van der Waals surface area contributed by atoms with E-state index in [1.54, 1.807) is 0 Å². The van der Waals surface area contributed by atoms with Crippen molar-refractivity contribution in [3.63, 3.8) is 0 Å². The van der Waals surface area contributed by atoms with Crippen LogP contribution in [0.5, 0.6) is 0 Å². The van der Waals surface area contributed by atoms with Crippen LogP contribution in [0.3, 0.4) is 0 Å². The highest BCUT2D eigenvalue weighted by atomic mass is 79.9. The molecule has 1 atom stereocenters. The van der Waals surface area contributed by atoms with Crippen molar-refractivity contribution in [1.82, 2.24) is 14.8 Å². The van der Waals surface area contributed by atoms with Crippen molar-refractivity contribution in [2.24, 2.45) is 0 Å². The van der Waals surface area contributed by atoms with Crippen LogP contribution in [0.4, 0.5) is 5.69 Å². The highest BCUT2D eigenvalue weighted by molar-refractivity contribution is 9.10. The van der Waals surface area contributed by atoms with Gasteiger partial charge >= 0.3 is 0 Å². The lowest BCUT2D eigenvalue weighted by Crippen LogP contribution is -2.14. The second-order valence-corrected chi connectivity index (χ2v) is 6.23. The molecule has 1 N–H and O–H groups in total. The highest BCUT2D eigenvalue weighted by Crippen LogP contribution is 2.22. The van der Waals surface area contributed by atoms with Crippen molar-refractivity contribution in [2.45, 2.75) is 45.2 Å². The van der Waals surface area contributed by atoms with Gasteiger partial charge in [-0.15, -0.1) is 10.2 Å². The predicted molar refractivity (Wildman–Crippen MR) is 83.8 cm³/mol. The van der Waals surface area contributed by atoms with E-state index in [0.717, 1.165) is 34.8 Å². The molecule has 106 valence electrons. The van der Waals surface area contributed by atoms with E-state index >= 15 is 0 Å². The van der Waals surface area contributed by atoms with E-state index in [9.17, 15) is 0 Å². The molecule has 1 aliphatic rings. The first-order valence-electron chi connectivity index (χ1n) is 7.18. The molecule has 1 unspecified atom stereocenters. The van der Waals surface area contributed by atoms with Gasteiger partial charge in [0.05, 0.1) is 6.04 Å². The van der Waals surface area contributed by atoms with Crippen LogP contribution in [0.1, 0.15) is 43.9 Å². The third-order valence-electron chi connectivity index (χ3n) is 3.75. The quantitative estimate of drug-likeness (QED) is 0.924. The summed E-state index contributed by atoms with van der Waals surface area (Å²) in [6.07, 6.45) is 4.80. The van der Waals surface area contributed by atoms with Crippen LogP contribution in [0.15, 0.2) is 28.7 Å². The predicted octanol–water partition coefficient (Wildman–Crippen LogP) is 3.94. The molecule has 0 bridgehead atoms. The Morgan fingerprint density at radius 2 is 1.95 bits per heavy atom. The fourth-order valence-electron chi connectivity index (χ4n) is 2.69. The molecule has 0 radical (unpaired) electrons. The topological polar surface area (TPSA) is 42.7 Å². The van der Waals surface area contributed by atoms with Crippen LogP contribution in [0, 0.1) is 0 Å². The summed E-state index contributed by atoms with van der Waals surface area (Å²) in [7, 11) is 0. The lowest BCUT2D eigenvalue weighted by atomic mass is 10.2. The van der Waals surface area contributed by atoms with Gasteiger partial charge in [0.15, 0.2) is 5.82 Å². The second kappa shape index (κ2) is 5.95. The zero-order valence-electron chi connectivity index (χ0n) is 11.6. The molecule has 0 saturated carbocycles. The summed E-state index contributed by atoms with van der Waals surface area (Å²) < 4.78 is 3.39. The fraction of sp³-hybridized carbons (Fsp3) is 0.467. The molecule has 1 aliphatic heterocycles. The van der Waals surface area contributed by atoms with Crippen molar-refractivity contribution >= 4 is 21.6 Å². The molecule has 3 rings (SSSR count). The average molecular weight is 335 g/mol. The molecule has 0 spiro atoms. The van der Waals surface area contributed by atoms with Crippen molar-refractivity contribution in [3.8, 4) is 0 Å². The number of hydrogen-bond donors (Lipinski definition) is 1. The minimum Gasteiger partial charge on any atom is -0.375 e. The lowest BCUT2D eigenvalue weighted by molar-refractivity contribution is 0.589. The summed E-state index contributed by atoms with van der Waals surface area (Å²) in [4.78, 5) is 0. The Morgan fingerprint density at radius 1 is 1.15 bits per heavy atom.